The number of hydrogen-bond acceptors (Lipinski definition) is 4. The first kappa shape index (κ1) is 10.5. The van der Waals surface area contributed by atoms with Crippen LogP contribution in [0.4, 0.5) is 0 Å². The van der Waals surface area contributed by atoms with Crippen LogP contribution in [0.15, 0.2) is 12.1 Å². The Morgan fingerprint density at radius 2 is 2.14 bits per heavy atom. The number of carbonyl (C=O) groups is 1. The van der Waals surface area contributed by atoms with Gasteiger partial charge in [0.15, 0.2) is 0 Å². The SMILES string of the molecule is COC(=O)c1cc(C)c(O)c(CO)c1. The average molecular weight is 196 g/mol. The van der Waals surface area contributed by atoms with Gasteiger partial charge in [0.25, 0.3) is 0 Å². The number of methoxy groups -OCH3 is 1. The van der Waals surface area contributed by atoms with E-state index in [0.717, 1.165) is 0 Å². The predicted molar refractivity (Wildman–Crippen MR) is 50.1 cm³/mol. The van der Waals surface area contributed by atoms with Gasteiger partial charge in [-0.15, -0.1) is 0 Å². The van der Waals surface area contributed by atoms with E-state index in [1.54, 1.807) is 6.92 Å². The number of benzene rings is 1. The van der Waals surface area contributed by atoms with Crippen LogP contribution in [0.3, 0.4) is 0 Å². The zero-order chi connectivity index (χ0) is 10.7. The number of ether oxygens (including phenoxy) is 1. The van der Waals surface area contributed by atoms with Gasteiger partial charge >= 0.3 is 5.97 Å². The van der Waals surface area contributed by atoms with Gasteiger partial charge in [0, 0.05) is 5.56 Å². The number of aliphatic hydroxyl groups excluding tert-OH is 1. The molecule has 0 bridgehead atoms. The fourth-order valence-corrected chi connectivity index (χ4v) is 1.21. The zero-order valence-electron chi connectivity index (χ0n) is 8.07. The van der Waals surface area contributed by atoms with Crippen molar-refractivity contribution in [1.29, 1.82) is 0 Å². The predicted octanol–water partition coefficient (Wildman–Crippen LogP) is 0.980. The molecule has 0 spiro atoms. The van der Waals surface area contributed by atoms with E-state index >= 15 is 0 Å². The van der Waals surface area contributed by atoms with E-state index in [2.05, 4.69) is 4.74 Å². The molecule has 1 aromatic carbocycles. The fourth-order valence-electron chi connectivity index (χ4n) is 1.21. The molecule has 0 aromatic heterocycles. The monoisotopic (exact) mass is 196 g/mol. The third-order valence-corrected chi connectivity index (χ3v) is 1.97. The molecule has 0 heterocycles. The van der Waals surface area contributed by atoms with Crippen molar-refractivity contribution >= 4 is 5.97 Å². The maximum atomic E-state index is 11.2. The molecule has 1 aromatic rings. The number of phenols is 1. The van der Waals surface area contributed by atoms with Gasteiger partial charge in [0.2, 0.25) is 0 Å². The zero-order valence-corrected chi connectivity index (χ0v) is 8.07. The summed E-state index contributed by atoms with van der Waals surface area (Å²) in [6.07, 6.45) is 0. The molecule has 4 nitrogen and oxygen atoms in total. The van der Waals surface area contributed by atoms with E-state index in [-0.39, 0.29) is 12.4 Å². The molecule has 76 valence electrons. The largest absolute Gasteiger partial charge is 0.507 e. The molecule has 1 rings (SSSR count). The molecule has 14 heavy (non-hydrogen) atoms. The van der Waals surface area contributed by atoms with Crippen molar-refractivity contribution in [2.75, 3.05) is 7.11 Å². The summed E-state index contributed by atoms with van der Waals surface area (Å²) in [5, 5.41) is 18.4. The Labute approximate surface area is 81.8 Å². The molecule has 0 unspecified atom stereocenters. The fraction of sp³-hybridized carbons (Fsp3) is 0.300. The number of carbonyl (C=O) groups excluding carboxylic acids is 1. The number of aryl methyl sites for hydroxylation is 1. The molecule has 0 aliphatic carbocycles. The molecular formula is C10H12O4. The van der Waals surface area contributed by atoms with Gasteiger partial charge in [-0.25, -0.2) is 4.79 Å². The van der Waals surface area contributed by atoms with E-state index in [4.69, 9.17) is 5.11 Å². The lowest BCUT2D eigenvalue weighted by atomic mass is 10.1. The number of aliphatic hydroxyl groups is 1. The Balaban J connectivity index is 3.22. The second-order valence-corrected chi connectivity index (χ2v) is 2.95. The third kappa shape index (κ3) is 1.85. The van der Waals surface area contributed by atoms with Crippen LogP contribution in [0.2, 0.25) is 0 Å². The molecule has 0 radical (unpaired) electrons. The Bertz CT molecular complexity index is 357. The Morgan fingerprint density at radius 1 is 1.50 bits per heavy atom. The van der Waals surface area contributed by atoms with Gasteiger partial charge in [0.1, 0.15) is 5.75 Å². The van der Waals surface area contributed by atoms with Crippen molar-refractivity contribution in [3.63, 3.8) is 0 Å². The molecule has 0 aliphatic heterocycles. The van der Waals surface area contributed by atoms with E-state index in [1.165, 1.54) is 19.2 Å². The van der Waals surface area contributed by atoms with Crippen LogP contribution in [0.1, 0.15) is 21.5 Å². The quantitative estimate of drug-likeness (QED) is 0.692. The van der Waals surface area contributed by atoms with E-state index < -0.39 is 5.97 Å². The number of hydrogen-bond donors (Lipinski definition) is 2. The van der Waals surface area contributed by atoms with Gasteiger partial charge in [0.05, 0.1) is 19.3 Å². The average Bonchev–Trinajstić information content (AvgIpc) is 2.20. The van der Waals surface area contributed by atoms with E-state index in [9.17, 15) is 9.90 Å². The van der Waals surface area contributed by atoms with Crippen LogP contribution in [0, 0.1) is 6.92 Å². The highest BCUT2D eigenvalue weighted by Crippen LogP contribution is 2.24. The molecule has 0 amide bonds. The van der Waals surface area contributed by atoms with Crippen molar-refractivity contribution in [3.05, 3.63) is 28.8 Å². The molecule has 0 saturated heterocycles. The van der Waals surface area contributed by atoms with Crippen LogP contribution in [-0.4, -0.2) is 23.3 Å². The summed E-state index contributed by atoms with van der Waals surface area (Å²) in [5.74, 6) is -0.469. The van der Waals surface area contributed by atoms with Crippen molar-refractivity contribution in [2.24, 2.45) is 0 Å². The first-order valence-electron chi connectivity index (χ1n) is 4.11. The molecule has 0 aliphatic rings. The van der Waals surface area contributed by atoms with Crippen LogP contribution in [0.25, 0.3) is 0 Å². The van der Waals surface area contributed by atoms with Crippen LogP contribution in [0.5, 0.6) is 5.75 Å². The standard InChI is InChI=1S/C10H12O4/c1-6-3-7(10(13)14-2)4-8(5-11)9(6)12/h3-4,11-12H,5H2,1-2H3. The highest BCUT2D eigenvalue weighted by molar-refractivity contribution is 5.90. The highest BCUT2D eigenvalue weighted by atomic mass is 16.5. The second kappa shape index (κ2) is 4.11. The summed E-state index contributed by atoms with van der Waals surface area (Å²) in [6, 6.07) is 2.93. The lowest BCUT2D eigenvalue weighted by Gasteiger charge is -2.07. The summed E-state index contributed by atoms with van der Waals surface area (Å²) >= 11 is 0. The second-order valence-electron chi connectivity index (χ2n) is 2.95. The number of esters is 1. The van der Waals surface area contributed by atoms with Crippen LogP contribution >= 0.6 is 0 Å². The Hall–Kier alpha value is -1.55. The maximum Gasteiger partial charge on any atom is 0.337 e. The van der Waals surface area contributed by atoms with E-state index in [0.29, 0.717) is 16.7 Å². The summed E-state index contributed by atoms with van der Waals surface area (Å²) in [4.78, 5) is 11.2. The maximum absolute atomic E-state index is 11.2. The summed E-state index contributed by atoms with van der Waals surface area (Å²) in [6.45, 7) is 1.35. The molecule has 4 heteroatoms. The van der Waals surface area contributed by atoms with Crippen LogP contribution < -0.4 is 0 Å². The Kier molecular flexibility index (Phi) is 3.09. The lowest BCUT2D eigenvalue weighted by Crippen LogP contribution is -2.03. The van der Waals surface area contributed by atoms with Crippen molar-refractivity contribution in [2.45, 2.75) is 13.5 Å². The number of rotatable bonds is 2. The van der Waals surface area contributed by atoms with Gasteiger partial charge in [-0.1, -0.05) is 0 Å². The molecule has 0 atom stereocenters. The topological polar surface area (TPSA) is 66.8 Å². The normalized spacial score (nSPS) is 9.93. The van der Waals surface area contributed by atoms with Gasteiger partial charge in [-0.2, -0.15) is 0 Å². The van der Waals surface area contributed by atoms with Gasteiger partial charge in [-0.3, -0.25) is 0 Å². The van der Waals surface area contributed by atoms with Crippen molar-refractivity contribution < 1.29 is 19.7 Å². The lowest BCUT2D eigenvalue weighted by molar-refractivity contribution is 0.0600. The van der Waals surface area contributed by atoms with Crippen molar-refractivity contribution in [3.8, 4) is 5.75 Å². The van der Waals surface area contributed by atoms with Gasteiger partial charge in [-0.05, 0) is 24.6 Å². The first-order chi connectivity index (χ1) is 6.60. The van der Waals surface area contributed by atoms with Crippen molar-refractivity contribution in [1.82, 2.24) is 0 Å². The van der Waals surface area contributed by atoms with Gasteiger partial charge < -0.3 is 14.9 Å². The smallest absolute Gasteiger partial charge is 0.337 e. The first-order valence-corrected chi connectivity index (χ1v) is 4.11. The summed E-state index contributed by atoms with van der Waals surface area (Å²) in [7, 11) is 1.28. The Morgan fingerprint density at radius 3 is 2.64 bits per heavy atom. The van der Waals surface area contributed by atoms with Crippen LogP contribution in [-0.2, 0) is 11.3 Å². The highest BCUT2D eigenvalue weighted by Gasteiger charge is 2.11. The minimum absolute atomic E-state index is 0.0140. The molecule has 2 N–H and O–H groups in total. The van der Waals surface area contributed by atoms with E-state index in [1.807, 2.05) is 0 Å². The molecule has 0 fully saturated rings. The molecular weight excluding hydrogens is 184 g/mol. The molecule has 0 saturated carbocycles. The third-order valence-electron chi connectivity index (χ3n) is 1.97. The number of aromatic hydroxyl groups is 1. The minimum Gasteiger partial charge on any atom is -0.507 e. The minimum atomic E-state index is -0.484. The summed E-state index contributed by atoms with van der Waals surface area (Å²) < 4.78 is 4.53. The summed E-state index contributed by atoms with van der Waals surface area (Å²) in [5.41, 5.74) is 1.19.